The zero-order chi connectivity index (χ0) is 19.7. The molecule has 7 heteroatoms. The van der Waals surface area contributed by atoms with Gasteiger partial charge in [-0.2, -0.15) is 13.2 Å². The van der Waals surface area contributed by atoms with Gasteiger partial charge in [0.2, 0.25) is 5.91 Å². The van der Waals surface area contributed by atoms with E-state index in [1.807, 2.05) is 30.3 Å². The molecule has 1 aliphatic heterocycles. The van der Waals surface area contributed by atoms with Gasteiger partial charge >= 0.3 is 6.18 Å². The van der Waals surface area contributed by atoms with Gasteiger partial charge in [-0.05, 0) is 44.5 Å². The van der Waals surface area contributed by atoms with Gasteiger partial charge < -0.3 is 9.73 Å². The first kappa shape index (κ1) is 19.5. The second-order valence-corrected chi connectivity index (χ2v) is 7.17. The maximum Gasteiger partial charge on any atom is 0.404 e. The monoisotopic (exact) mass is 380 g/mol. The van der Waals surface area contributed by atoms with Crippen molar-refractivity contribution in [3.63, 3.8) is 0 Å². The van der Waals surface area contributed by atoms with Crippen molar-refractivity contribution in [3.05, 3.63) is 59.5 Å². The number of carbonyl (C=O) groups is 1. The minimum atomic E-state index is -4.62. The number of aryl methyl sites for hydroxylation is 1. The van der Waals surface area contributed by atoms with Gasteiger partial charge in [-0.3, -0.25) is 9.69 Å². The predicted molar refractivity (Wildman–Crippen MR) is 94.8 cm³/mol. The second kappa shape index (κ2) is 7.38. The average Bonchev–Trinajstić information content (AvgIpc) is 3.22. The molecule has 27 heavy (non-hydrogen) atoms. The second-order valence-electron chi connectivity index (χ2n) is 7.17. The zero-order valence-corrected chi connectivity index (χ0v) is 15.3. The molecule has 0 saturated carbocycles. The first-order valence-corrected chi connectivity index (χ1v) is 8.91. The standard InChI is InChI=1S/C20H23F3N2O2/c1-14-8-9-17(27-14)15(2)24-18(26)19(20(21,22)23)10-11-25(13-19)12-16-6-4-3-5-7-16/h3-9,15H,10-13H2,1-2H3,(H,24,26). The summed E-state index contributed by atoms with van der Waals surface area (Å²) in [6.45, 7) is 3.63. The van der Waals surface area contributed by atoms with E-state index in [-0.39, 0.29) is 19.5 Å². The Morgan fingerprint density at radius 1 is 1.26 bits per heavy atom. The SMILES string of the molecule is Cc1ccc(C(C)NC(=O)C2(C(F)(F)F)CCN(Cc3ccccc3)C2)o1. The molecule has 3 rings (SSSR count). The first-order chi connectivity index (χ1) is 12.7. The van der Waals surface area contributed by atoms with Crippen LogP contribution in [0.3, 0.4) is 0 Å². The van der Waals surface area contributed by atoms with Gasteiger partial charge in [-0.25, -0.2) is 0 Å². The van der Waals surface area contributed by atoms with Gasteiger partial charge in [0.05, 0.1) is 6.04 Å². The van der Waals surface area contributed by atoms with Crippen molar-refractivity contribution in [1.29, 1.82) is 0 Å². The Morgan fingerprint density at radius 3 is 2.56 bits per heavy atom. The van der Waals surface area contributed by atoms with Crippen LogP contribution in [-0.2, 0) is 11.3 Å². The topological polar surface area (TPSA) is 45.5 Å². The Morgan fingerprint density at radius 2 is 1.96 bits per heavy atom. The molecular weight excluding hydrogens is 357 g/mol. The maximum atomic E-state index is 13.9. The smallest absolute Gasteiger partial charge is 0.404 e. The molecule has 1 aromatic carbocycles. The summed E-state index contributed by atoms with van der Waals surface area (Å²) in [5.41, 5.74) is -1.48. The molecule has 0 aliphatic carbocycles. The number of nitrogens with one attached hydrogen (secondary N) is 1. The van der Waals surface area contributed by atoms with Crippen molar-refractivity contribution in [1.82, 2.24) is 10.2 Å². The van der Waals surface area contributed by atoms with Crippen LogP contribution in [0.5, 0.6) is 0 Å². The van der Waals surface area contributed by atoms with Gasteiger partial charge in [0.15, 0.2) is 5.41 Å². The van der Waals surface area contributed by atoms with Crippen LogP contribution in [0, 0.1) is 12.3 Å². The lowest BCUT2D eigenvalue weighted by Gasteiger charge is -2.31. The third-order valence-electron chi connectivity index (χ3n) is 5.11. The van der Waals surface area contributed by atoms with Crippen molar-refractivity contribution in [2.75, 3.05) is 13.1 Å². The van der Waals surface area contributed by atoms with Crippen LogP contribution >= 0.6 is 0 Å². The lowest BCUT2D eigenvalue weighted by molar-refractivity contribution is -0.218. The highest BCUT2D eigenvalue weighted by atomic mass is 19.4. The number of furan rings is 1. The van der Waals surface area contributed by atoms with E-state index in [0.717, 1.165) is 5.56 Å². The summed E-state index contributed by atoms with van der Waals surface area (Å²) in [4.78, 5) is 14.4. The molecule has 1 aromatic heterocycles. The minimum absolute atomic E-state index is 0.218. The number of nitrogens with zero attached hydrogens (tertiary/aromatic N) is 1. The van der Waals surface area contributed by atoms with E-state index < -0.39 is 23.5 Å². The highest BCUT2D eigenvalue weighted by Gasteiger charge is 2.63. The van der Waals surface area contributed by atoms with Crippen molar-refractivity contribution >= 4 is 5.91 Å². The zero-order valence-electron chi connectivity index (χ0n) is 15.3. The highest BCUT2D eigenvalue weighted by Crippen LogP contribution is 2.46. The number of hydrogen-bond acceptors (Lipinski definition) is 3. The lowest BCUT2D eigenvalue weighted by atomic mass is 9.84. The Balaban J connectivity index is 1.74. The van der Waals surface area contributed by atoms with Crippen LogP contribution in [0.1, 0.15) is 36.5 Å². The van der Waals surface area contributed by atoms with Gasteiger partial charge in [-0.1, -0.05) is 30.3 Å². The summed E-state index contributed by atoms with van der Waals surface area (Å²) in [6, 6.07) is 12.0. The summed E-state index contributed by atoms with van der Waals surface area (Å²) in [5.74, 6) is 0.0935. The number of rotatable bonds is 5. The molecule has 2 unspecified atom stereocenters. The fourth-order valence-electron chi connectivity index (χ4n) is 3.50. The van der Waals surface area contributed by atoms with Crippen LogP contribution in [0.15, 0.2) is 46.9 Å². The molecule has 0 radical (unpaired) electrons. The number of carbonyl (C=O) groups excluding carboxylic acids is 1. The van der Waals surface area contributed by atoms with Crippen LogP contribution in [0.25, 0.3) is 0 Å². The first-order valence-electron chi connectivity index (χ1n) is 8.91. The molecule has 1 N–H and O–H groups in total. The van der Waals surface area contributed by atoms with Crippen LogP contribution in [0.2, 0.25) is 0 Å². The summed E-state index contributed by atoms with van der Waals surface area (Å²) >= 11 is 0. The number of benzene rings is 1. The number of amides is 1. The Hall–Kier alpha value is -2.28. The van der Waals surface area contributed by atoms with Crippen molar-refractivity contribution < 1.29 is 22.4 Å². The minimum Gasteiger partial charge on any atom is -0.464 e. The van der Waals surface area contributed by atoms with Gasteiger partial charge in [0, 0.05) is 13.1 Å². The molecule has 2 atom stereocenters. The van der Waals surface area contributed by atoms with Crippen LogP contribution < -0.4 is 5.32 Å². The van der Waals surface area contributed by atoms with Gasteiger partial charge in [0.25, 0.3) is 0 Å². The van der Waals surface area contributed by atoms with Crippen LogP contribution in [0.4, 0.5) is 13.2 Å². The molecule has 2 aromatic rings. The molecular formula is C20H23F3N2O2. The Bertz CT molecular complexity index is 788. The number of hydrogen-bond donors (Lipinski definition) is 1. The lowest BCUT2D eigenvalue weighted by Crippen LogP contribution is -2.52. The largest absolute Gasteiger partial charge is 0.464 e. The molecule has 1 fully saturated rings. The molecule has 0 bridgehead atoms. The number of halogens is 3. The fraction of sp³-hybridized carbons (Fsp3) is 0.450. The summed E-state index contributed by atoms with van der Waals surface area (Å²) in [7, 11) is 0. The van der Waals surface area contributed by atoms with E-state index in [1.54, 1.807) is 30.9 Å². The summed E-state index contributed by atoms with van der Waals surface area (Å²) < 4.78 is 47.2. The maximum absolute atomic E-state index is 13.9. The van der Waals surface area contributed by atoms with E-state index in [4.69, 9.17) is 4.42 Å². The van der Waals surface area contributed by atoms with E-state index in [2.05, 4.69) is 5.32 Å². The highest BCUT2D eigenvalue weighted by molar-refractivity contribution is 5.84. The number of alkyl halides is 3. The van der Waals surface area contributed by atoms with Crippen LogP contribution in [-0.4, -0.2) is 30.1 Å². The molecule has 1 amide bonds. The Kier molecular flexibility index (Phi) is 5.33. The third-order valence-corrected chi connectivity index (χ3v) is 5.11. The summed E-state index contributed by atoms with van der Waals surface area (Å²) in [6.07, 6.45) is -4.87. The van der Waals surface area contributed by atoms with E-state index in [0.29, 0.717) is 18.1 Å². The number of likely N-dealkylation sites (tertiary alicyclic amines) is 1. The molecule has 4 nitrogen and oxygen atoms in total. The molecule has 0 spiro atoms. The molecule has 146 valence electrons. The third kappa shape index (κ3) is 4.03. The van der Waals surface area contributed by atoms with Gasteiger partial charge in [-0.15, -0.1) is 0 Å². The van der Waals surface area contributed by atoms with E-state index in [1.165, 1.54) is 0 Å². The fourth-order valence-corrected chi connectivity index (χ4v) is 3.50. The normalized spacial score (nSPS) is 22.0. The Labute approximate surface area is 156 Å². The predicted octanol–water partition coefficient (Wildman–Crippen LogP) is 4.22. The molecule has 2 heterocycles. The van der Waals surface area contributed by atoms with E-state index in [9.17, 15) is 18.0 Å². The quantitative estimate of drug-likeness (QED) is 0.845. The molecule has 1 aliphatic rings. The van der Waals surface area contributed by atoms with Crippen molar-refractivity contribution in [2.24, 2.45) is 5.41 Å². The van der Waals surface area contributed by atoms with Crippen molar-refractivity contribution in [3.8, 4) is 0 Å². The van der Waals surface area contributed by atoms with Crippen molar-refractivity contribution in [2.45, 2.75) is 39.0 Å². The average molecular weight is 380 g/mol. The molecule has 1 saturated heterocycles. The summed E-state index contributed by atoms with van der Waals surface area (Å²) in [5, 5.41) is 2.50. The van der Waals surface area contributed by atoms with Gasteiger partial charge in [0.1, 0.15) is 11.5 Å². The van der Waals surface area contributed by atoms with E-state index >= 15 is 0 Å².